The minimum absolute atomic E-state index is 0.000677. The van der Waals surface area contributed by atoms with E-state index in [2.05, 4.69) is 5.32 Å². The van der Waals surface area contributed by atoms with E-state index in [0.29, 0.717) is 0 Å². The first-order chi connectivity index (χ1) is 18.4. The second kappa shape index (κ2) is 13.3. The van der Waals surface area contributed by atoms with Gasteiger partial charge in [0.1, 0.15) is 12.6 Å². The van der Waals surface area contributed by atoms with Gasteiger partial charge in [0.25, 0.3) is 10.0 Å². The molecule has 0 spiro atoms. The van der Waals surface area contributed by atoms with Crippen molar-refractivity contribution >= 4 is 50.7 Å². The second-order valence-corrected chi connectivity index (χ2v) is 12.0. The van der Waals surface area contributed by atoms with E-state index in [1.165, 1.54) is 29.2 Å². The largest absolute Gasteiger partial charge is 0.352 e. The molecular weight excluding hydrogens is 557 g/mol. The second-order valence-electron chi connectivity index (χ2n) is 9.40. The van der Waals surface area contributed by atoms with Crippen LogP contribution in [0.3, 0.4) is 0 Å². The number of amides is 2. The lowest BCUT2D eigenvalue weighted by atomic mass is 10.1. The van der Waals surface area contributed by atoms with Crippen LogP contribution >= 0.6 is 23.2 Å². The maximum Gasteiger partial charge on any atom is 0.264 e. The monoisotopic (exact) mass is 589 g/mol. The van der Waals surface area contributed by atoms with Crippen LogP contribution in [0, 0.1) is 6.92 Å². The van der Waals surface area contributed by atoms with Gasteiger partial charge in [-0.3, -0.25) is 13.9 Å². The molecule has 39 heavy (non-hydrogen) atoms. The van der Waals surface area contributed by atoms with Crippen molar-refractivity contribution < 1.29 is 18.0 Å². The van der Waals surface area contributed by atoms with E-state index >= 15 is 0 Å². The number of sulfonamides is 1. The van der Waals surface area contributed by atoms with Gasteiger partial charge in [-0.05, 0) is 57.0 Å². The molecule has 3 aromatic rings. The molecule has 0 fully saturated rings. The average molecular weight is 591 g/mol. The Morgan fingerprint density at radius 1 is 0.949 bits per heavy atom. The van der Waals surface area contributed by atoms with Crippen LogP contribution in [-0.4, -0.2) is 43.8 Å². The molecule has 2 unspecified atom stereocenters. The molecule has 0 aliphatic rings. The van der Waals surface area contributed by atoms with Gasteiger partial charge in [-0.1, -0.05) is 84.2 Å². The fourth-order valence-corrected chi connectivity index (χ4v) is 5.87. The van der Waals surface area contributed by atoms with E-state index < -0.39 is 28.5 Å². The minimum Gasteiger partial charge on any atom is -0.352 e. The Morgan fingerprint density at radius 3 is 2.26 bits per heavy atom. The van der Waals surface area contributed by atoms with Crippen LogP contribution in [0.4, 0.5) is 5.69 Å². The first-order valence-corrected chi connectivity index (χ1v) is 14.8. The summed E-state index contributed by atoms with van der Waals surface area (Å²) in [6, 6.07) is 19.0. The molecule has 0 aliphatic carbocycles. The molecule has 0 bridgehead atoms. The Morgan fingerprint density at radius 2 is 1.62 bits per heavy atom. The molecule has 2 amide bonds. The summed E-state index contributed by atoms with van der Waals surface area (Å²) in [6.07, 6.45) is 0.723. The highest BCUT2D eigenvalue weighted by atomic mass is 35.5. The third-order valence-electron chi connectivity index (χ3n) is 6.41. The van der Waals surface area contributed by atoms with Crippen molar-refractivity contribution in [3.63, 3.8) is 0 Å². The van der Waals surface area contributed by atoms with E-state index in [1.54, 1.807) is 31.2 Å². The predicted octanol–water partition coefficient (Wildman–Crippen LogP) is 5.83. The van der Waals surface area contributed by atoms with Gasteiger partial charge in [0.15, 0.2) is 0 Å². The van der Waals surface area contributed by atoms with Crippen LogP contribution in [0.5, 0.6) is 0 Å². The molecule has 0 aliphatic heterocycles. The molecule has 0 saturated carbocycles. The van der Waals surface area contributed by atoms with Crippen LogP contribution in [0.1, 0.15) is 38.3 Å². The highest BCUT2D eigenvalue weighted by Crippen LogP contribution is 2.35. The van der Waals surface area contributed by atoms with Crippen molar-refractivity contribution in [1.29, 1.82) is 0 Å². The van der Waals surface area contributed by atoms with E-state index in [-0.39, 0.29) is 39.1 Å². The van der Waals surface area contributed by atoms with Crippen molar-refractivity contribution in [3.8, 4) is 0 Å². The Labute approximate surface area is 240 Å². The molecule has 2 atom stereocenters. The Bertz CT molecular complexity index is 1420. The third kappa shape index (κ3) is 7.53. The van der Waals surface area contributed by atoms with Crippen LogP contribution in [0.15, 0.2) is 77.7 Å². The number of hydrogen-bond donors (Lipinski definition) is 1. The van der Waals surface area contributed by atoms with Gasteiger partial charge in [-0.25, -0.2) is 8.42 Å². The van der Waals surface area contributed by atoms with Gasteiger partial charge in [0.05, 0.1) is 20.6 Å². The summed E-state index contributed by atoms with van der Waals surface area (Å²) >= 11 is 12.7. The highest BCUT2D eigenvalue weighted by molar-refractivity contribution is 7.92. The zero-order valence-electron chi connectivity index (χ0n) is 22.4. The molecule has 3 aromatic carbocycles. The molecule has 1 N–H and O–H groups in total. The number of aryl methyl sites for hydroxylation is 1. The number of benzene rings is 3. The predicted molar refractivity (Wildman–Crippen MR) is 157 cm³/mol. The highest BCUT2D eigenvalue weighted by Gasteiger charge is 2.33. The van der Waals surface area contributed by atoms with Gasteiger partial charge in [-0.2, -0.15) is 0 Å². The van der Waals surface area contributed by atoms with Crippen molar-refractivity contribution in [2.24, 2.45) is 0 Å². The molecule has 10 heteroatoms. The minimum atomic E-state index is -4.23. The quantitative estimate of drug-likeness (QED) is 0.305. The molecule has 7 nitrogen and oxygen atoms in total. The van der Waals surface area contributed by atoms with Crippen molar-refractivity contribution in [1.82, 2.24) is 10.2 Å². The summed E-state index contributed by atoms with van der Waals surface area (Å²) in [5.74, 6) is -0.900. The number of nitrogens with zero attached hydrogens (tertiary/aromatic N) is 2. The number of hydrogen-bond acceptors (Lipinski definition) is 4. The van der Waals surface area contributed by atoms with Gasteiger partial charge < -0.3 is 10.2 Å². The Hall–Kier alpha value is -3.07. The Balaban J connectivity index is 2.06. The van der Waals surface area contributed by atoms with Gasteiger partial charge in [-0.15, -0.1) is 0 Å². The van der Waals surface area contributed by atoms with Gasteiger partial charge in [0, 0.05) is 12.6 Å². The van der Waals surface area contributed by atoms with Crippen molar-refractivity contribution in [2.75, 3.05) is 10.8 Å². The van der Waals surface area contributed by atoms with E-state index in [9.17, 15) is 18.0 Å². The fourth-order valence-electron chi connectivity index (χ4n) is 3.97. The number of halogens is 2. The summed E-state index contributed by atoms with van der Waals surface area (Å²) in [5.41, 5.74) is 1.87. The van der Waals surface area contributed by atoms with Gasteiger partial charge in [0.2, 0.25) is 11.8 Å². The lowest BCUT2D eigenvalue weighted by molar-refractivity contribution is -0.139. The topological polar surface area (TPSA) is 86.8 Å². The van der Waals surface area contributed by atoms with Crippen molar-refractivity contribution in [3.05, 3.63) is 94.0 Å². The summed E-state index contributed by atoms with van der Waals surface area (Å²) in [5, 5.41) is 3.06. The van der Waals surface area contributed by atoms with Crippen LogP contribution in [-0.2, 0) is 26.2 Å². The molecule has 3 rings (SSSR count). The summed E-state index contributed by atoms with van der Waals surface area (Å²) in [4.78, 5) is 28.4. The summed E-state index contributed by atoms with van der Waals surface area (Å²) < 4.78 is 28.6. The summed E-state index contributed by atoms with van der Waals surface area (Å²) in [7, 11) is -4.23. The molecule has 0 saturated heterocycles. The van der Waals surface area contributed by atoms with E-state index in [4.69, 9.17) is 23.2 Å². The van der Waals surface area contributed by atoms with Crippen LogP contribution in [0.2, 0.25) is 10.0 Å². The first kappa shape index (κ1) is 30.5. The van der Waals surface area contributed by atoms with Crippen LogP contribution in [0.25, 0.3) is 0 Å². The fraction of sp³-hybridized carbons (Fsp3) is 0.310. The van der Waals surface area contributed by atoms with E-state index in [1.807, 2.05) is 45.0 Å². The van der Waals surface area contributed by atoms with Crippen molar-refractivity contribution in [2.45, 2.75) is 57.6 Å². The number of carbonyl (C=O) groups is 2. The summed E-state index contributed by atoms with van der Waals surface area (Å²) in [6.45, 7) is 6.92. The van der Waals surface area contributed by atoms with Gasteiger partial charge >= 0.3 is 0 Å². The average Bonchev–Trinajstić information content (AvgIpc) is 2.92. The number of carbonyl (C=O) groups excluding carboxylic acids is 2. The van der Waals surface area contributed by atoms with Crippen LogP contribution < -0.4 is 9.62 Å². The lowest BCUT2D eigenvalue weighted by Gasteiger charge is -2.32. The molecular formula is C29H33Cl2N3O4S. The Kier molecular flexibility index (Phi) is 10.4. The molecule has 0 radical (unpaired) electrons. The number of rotatable bonds is 11. The third-order valence-corrected chi connectivity index (χ3v) is 9.00. The number of nitrogens with one attached hydrogen (secondary N) is 1. The first-order valence-electron chi connectivity index (χ1n) is 12.6. The van der Waals surface area contributed by atoms with E-state index in [0.717, 1.165) is 21.9 Å². The molecule has 0 heterocycles. The SMILES string of the molecule is CCC(C)NC(=O)C(C)N(Cc1cccc(C)c1)C(=O)CN(c1cccc(Cl)c1Cl)S(=O)(=O)c1ccccc1. The zero-order valence-corrected chi connectivity index (χ0v) is 24.7. The smallest absolute Gasteiger partial charge is 0.264 e. The maximum absolute atomic E-state index is 14.0. The lowest BCUT2D eigenvalue weighted by Crippen LogP contribution is -2.52. The standard InChI is InChI=1S/C29H33Cl2N3O4S/c1-5-21(3)32-29(36)22(4)33(18-23-12-9-11-20(2)17-23)27(35)19-34(26-16-10-15-25(30)28(26)31)39(37,38)24-13-7-6-8-14-24/h6-17,21-22H,5,18-19H2,1-4H3,(H,32,36). The normalized spacial score (nSPS) is 12.9. The zero-order chi connectivity index (χ0) is 28.7. The molecule has 208 valence electrons. The maximum atomic E-state index is 14.0. The number of anilines is 1. The molecule has 0 aromatic heterocycles.